The molecule has 1 heterocycles. The van der Waals surface area contributed by atoms with Gasteiger partial charge in [-0.1, -0.05) is 0 Å². The molecule has 0 aromatic rings. The Bertz CT molecular complexity index is 490. The molecule has 2 rings (SSSR count). The van der Waals surface area contributed by atoms with Crippen molar-refractivity contribution < 1.29 is 18.5 Å². The van der Waals surface area contributed by atoms with Crippen molar-refractivity contribution in [1.82, 2.24) is 4.90 Å². The van der Waals surface area contributed by atoms with Gasteiger partial charge in [0.15, 0.2) is 0 Å². The number of nitrogens with zero attached hydrogens (tertiary/aromatic N) is 1. The molecule has 1 saturated carbocycles. The fourth-order valence-corrected chi connectivity index (χ4v) is 3.60. The van der Waals surface area contributed by atoms with Crippen molar-refractivity contribution in [3.8, 4) is 0 Å². The van der Waals surface area contributed by atoms with Gasteiger partial charge in [0.25, 0.3) is 0 Å². The summed E-state index contributed by atoms with van der Waals surface area (Å²) in [6, 6.07) is 0. The fourth-order valence-electron chi connectivity index (χ4n) is 2.49. The highest BCUT2D eigenvalue weighted by molar-refractivity contribution is 7.91. The lowest BCUT2D eigenvalue weighted by Gasteiger charge is -2.40. The molecule has 1 unspecified atom stereocenters. The average Bonchev–Trinajstić information content (AvgIpc) is 3.02. The first-order valence-electron chi connectivity index (χ1n) is 6.46. The number of nitrogens with one attached hydrogen (secondary N) is 1. The molecule has 0 aromatic carbocycles. The summed E-state index contributed by atoms with van der Waals surface area (Å²) in [5.74, 6) is -0.127. The van der Waals surface area contributed by atoms with Crippen LogP contribution in [0.15, 0.2) is 0 Å². The van der Waals surface area contributed by atoms with Crippen LogP contribution in [0.2, 0.25) is 0 Å². The Kier molecular flexibility index (Phi) is 3.59. The second-order valence-electron chi connectivity index (χ2n) is 5.55. The molecule has 1 saturated heterocycles. The molecule has 1 N–H and O–H groups in total. The predicted molar refractivity (Wildman–Crippen MR) is 70.0 cm³/mol. The lowest BCUT2D eigenvalue weighted by Crippen LogP contribution is -2.55. The van der Waals surface area contributed by atoms with E-state index in [2.05, 4.69) is 0 Å². The van der Waals surface area contributed by atoms with Crippen LogP contribution in [0.5, 0.6) is 0 Å². The standard InChI is InChI=1S/C12H20N2O4S/c1-3-18-11(16)12(4-5-12)10(15)14-6-9(7-14)8-19(2,13)17/h9,13H,3-8H2,1-2H3. The highest BCUT2D eigenvalue weighted by Gasteiger charge is 2.60. The minimum Gasteiger partial charge on any atom is -0.465 e. The summed E-state index contributed by atoms with van der Waals surface area (Å²) in [5.41, 5.74) is -0.935. The smallest absolute Gasteiger partial charge is 0.321 e. The van der Waals surface area contributed by atoms with Crippen LogP contribution in [0, 0.1) is 16.1 Å². The summed E-state index contributed by atoms with van der Waals surface area (Å²) in [6.45, 7) is 3.02. The Morgan fingerprint density at radius 1 is 1.42 bits per heavy atom. The topological polar surface area (TPSA) is 87.5 Å². The van der Waals surface area contributed by atoms with E-state index in [1.54, 1.807) is 11.8 Å². The van der Waals surface area contributed by atoms with Crippen LogP contribution < -0.4 is 0 Å². The molecule has 1 atom stereocenters. The number of hydrogen-bond donors (Lipinski definition) is 1. The zero-order valence-corrected chi connectivity index (χ0v) is 12.1. The molecule has 6 nitrogen and oxygen atoms in total. The van der Waals surface area contributed by atoms with Gasteiger partial charge in [0.05, 0.1) is 6.61 Å². The van der Waals surface area contributed by atoms with Gasteiger partial charge in [0.2, 0.25) is 5.91 Å². The number of ether oxygens (including phenoxy) is 1. The molecule has 108 valence electrons. The normalized spacial score (nSPS) is 24.2. The van der Waals surface area contributed by atoms with Crippen molar-refractivity contribution in [2.45, 2.75) is 19.8 Å². The highest BCUT2D eigenvalue weighted by Crippen LogP contribution is 2.49. The number of hydrogen-bond acceptors (Lipinski definition) is 5. The summed E-state index contributed by atoms with van der Waals surface area (Å²) >= 11 is 0. The minimum atomic E-state index is -2.51. The van der Waals surface area contributed by atoms with E-state index in [4.69, 9.17) is 9.52 Å². The van der Waals surface area contributed by atoms with Crippen LogP contribution in [0.25, 0.3) is 0 Å². The van der Waals surface area contributed by atoms with E-state index >= 15 is 0 Å². The maximum atomic E-state index is 12.2. The zero-order valence-electron chi connectivity index (χ0n) is 11.3. The van der Waals surface area contributed by atoms with Crippen LogP contribution in [-0.4, -0.2) is 52.7 Å². The number of rotatable bonds is 5. The van der Waals surface area contributed by atoms with Crippen LogP contribution in [0.3, 0.4) is 0 Å². The van der Waals surface area contributed by atoms with Gasteiger partial charge in [-0.25, -0.2) is 0 Å². The molecule has 0 radical (unpaired) electrons. The van der Waals surface area contributed by atoms with Gasteiger partial charge >= 0.3 is 5.97 Å². The van der Waals surface area contributed by atoms with Crippen LogP contribution in [-0.2, 0) is 24.1 Å². The molecule has 1 amide bonds. The summed E-state index contributed by atoms with van der Waals surface area (Å²) < 4.78 is 23.7. The van der Waals surface area contributed by atoms with Crippen LogP contribution >= 0.6 is 0 Å². The summed E-state index contributed by atoms with van der Waals surface area (Å²) in [5, 5.41) is 0. The van der Waals surface area contributed by atoms with E-state index < -0.39 is 21.1 Å². The Balaban J connectivity index is 1.88. The van der Waals surface area contributed by atoms with Crippen molar-refractivity contribution in [2.75, 3.05) is 31.7 Å². The molecule has 19 heavy (non-hydrogen) atoms. The van der Waals surface area contributed by atoms with E-state index in [-0.39, 0.29) is 18.4 Å². The Morgan fingerprint density at radius 3 is 2.42 bits per heavy atom. The van der Waals surface area contributed by atoms with Crippen molar-refractivity contribution in [3.63, 3.8) is 0 Å². The van der Waals surface area contributed by atoms with Crippen LogP contribution in [0.4, 0.5) is 0 Å². The number of amides is 1. The lowest BCUT2D eigenvalue weighted by atomic mass is 9.97. The van der Waals surface area contributed by atoms with E-state index in [0.29, 0.717) is 31.7 Å². The van der Waals surface area contributed by atoms with Gasteiger partial charge in [-0.3, -0.25) is 18.6 Å². The van der Waals surface area contributed by atoms with Gasteiger partial charge in [-0.15, -0.1) is 0 Å². The molecular formula is C12H20N2O4S. The summed E-state index contributed by atoms with van der Waals surface area (Å²) in [7, 11) is -2.51. The third kappa shape index (κ3) is 2.91. The molecule has 2 fully saturated rings. The first kappa shape index (κ1) is 14.3. The van der Waals surface area contributed by atoms with Gasteiger partial charge in [-0.2, -0.15) is 0 Å². The van der Waals surface area contributed by atoms with Gasteiger partial charge in [0.1, 0.15) is 5.41 Å². The molecule has 0 bridgehead atoms. The number of esters is 1. The van der Waals surface area contributed by atoms with Crippen molar-refractivity contribution in [3.05, 3.63) is 0 Å². The Morgan fingerprint density at radius 2 is 2.00 bits per heavy atom. The third-order valence-electron chi connectivity index (χ3n) is 3.62. The molecule has 1 aliphatic heterocycles. The van der Waals surface area contributed by atoms with Gasteiger partial charge in [-0.05, 0) is 19.8 Å². The minimum absolute atomic E-state index is 0.122. The monoisotopic (exact) mass is 288 g/mol. The zero-order chi connectivity index (χ0) is 14.3. The second-order valence-corrected chi connectivity index (χ2v) is 7.89. The maximum absolute atomic E-state index is 12.2. The predicted octanol–water partition coefficient (Wildman–Crippen LogP) is 0.465. The first-order chi connectivity index (χ1) is 8.78. The summed E-state index contributed by atoms with van der Waals surface area (Å²) in [6.07, 6.45) is 2.54. The van der Waals surface area contributed by atoms with Crippen molar-refractivity contribution in [2.24, 2.45) is 11.3 Å². The van der Waals surface area contributed by atoms with Gasteiger partial charge < -0.3 is 9.64 Å². The second kappa shape index (κ2) is 4.77. The molecular weight excluding hydrogens is 268 g/mol. The van der Waals surface area contributed by atoms with Crippen molar-refractivity contribution >= 4 is 21.6 Å². The molecule has 0 spiro atoms. The SMILES string of the molecule is CCOC(=O)C1(C(=O)N2CC(CS(C)(=N)=O)C2)CC1. The largest absolute Gasteiger partial charge is 0.465 e. The Labute approximate surface area is 113 Å². The average molecular weight is 288 g/mol. The molecule has 7 heteroatoms. The fraction of sp³-hybridized carbons (Fsp3) is 0.833. The van der Waals surface area contributed by atoms with Crippen molar-refractivity contribution in [1.29, 1.82) is 4.78 Å². The van der Waals surface area contributed by atoms with E-state index in [1.807, 2.05) is 0 Å². The number of carbonyl (C=O) groups is 2. The number of likely N-dealkylation sites (tertiary alicyclic amines) is 1. The Hall–Kier alpha value is -1.11. The molecule has 0 aromatic heterocycles. The summed E-state index contributed by atoms with van der Waals surface area (Å²) in [4.78, 5) is 25.6. The van der Waals surface area contributed by atoms with E-state index in [1.165, 1.54) is 6.26 Å². The molecule has 2 aliphatic rings. The molecule has 1 aliphatic carbocycles. The quantitative estimate of drug-likeness (QED) is 0.588. The van der Waals surface area contributed by atoms with E-state index in [9.17, 15) is 13.8 Å². The first-order valence-corrected chi connectivity index (χ1v) is 8.60. The lowest BCUT2D eigenvalue weighted by molar-refractivity contribution is -0.160. The maximum Gasteiger partial charge on any atom is 0.321 e. The highest BCUT2D eigenvalue weighted by atomic mass is 32.2. The van der Waals surface area contributed by atoms with Crippen LogP contribution in [0.1, 0.15) is 19.8 Å². The third-order valence-corrected chi connectivity index (χ3v) is 4.73. The van der Waals surface area contributed by atoms with E-state index in [0.717, 1.165) is 0 Å². The number of carbonyl (C=O) groups excluding carboxylic acids is 2. The van der Waals surface area contributed by atoms with Gasteiger partial charge in [0, 0.05) is 40.7 Å².